The van der Waals surface area contributed by atoms with Crippen molar-refractivity contribution in [3.05, 3.63) is 57.8 Å². The summed E-state index contributed by atoms with van der Waals surface area (Å²) in [5.74, 6) is 0.916. The second-order valence-electron chi connectivity index (χ2n) is 5.09. The lowest BCUT2D eigenvalue weighted by Crippen LogP contribution is -2.06. The molecule has 0 amide bonds. The molecule has 0 saturated heterocycles. The van der Waals surface area contributed by atoms with E-state index in [-0.39, 0.29) is 6.04 Å². The number of imidazole rings is 1. The number of rotatable bonds is 3. The van der Waals surface area contributed by atoms with Crippen LogP contribution in [0.15, 0.2) is 36.4 Å². The van der Waals surface area contributed by atoms with Crippen LogP contribution in [-0.2, 0) is 0 Å². The third-order valence-corrected chi connectivity index (χ3v) is 4.17. The molecule has 0 bridgehead atoms. The minimum Gasteiger partial charge on any atom is -0.378 e. The van der Waals surface area contributed by atoms with E-state index in [2.05, 4.69) is 28.3 Å². The molecular formula is C16H15Cl2N3. The second kappa shape index (κ2) is 5.58. The van der Waals surface area contributed by atoms with Crippen molar-refractivity contribution in [3.63, 3.8) is 0 Å². The molecule has 108 valence electrons. The Morgan fingerprint density at radius 2 is 1.90 bits per heavy atom. The lowest BCUT2D eigenvalue weighted by atomic mass is 10.1. The molecule has 0 aliphatic carbocycles. The molecule has 1 unspecified atom stereocenters. The molecule has 3 nitrogen and oxygen atoms in total. The fourth-order valence-electron chi connectivity index (χ4n) is 2.34. The summed E-state index contributed by atoms with van der Waals surface area (Å²) in [6.07, 6.45) is 0. The van der Waals surface area contributed by atoms with Crippen LogP contribution in [0, 0.1) is 6.92 Å². The van der Waals surface area contributed by atoms with Crippen LogP contribution in [0.3, 0.4) is 0 Å². The molecule has 0 spiro atoms. The summed E-state index contributed by atoms with van der Waals surface area (Å²) in [7, 11) is 0. The van der Waals surface area contributed by atoms with Gasteiger partial charge < -0.3 is 10.3 Å². The molecule has 21 heavy (non-hydrogen) atoms. The number of halogens is 2. The number of hydrogen-bond acceptors (Lipinski definition) is 2. The maximum atomic E-state index is 6.07. The molecule has 0 radical (unpaired) electrons. The monoisotopic (exact) mass is 319 g/mol. The maximum absolute atomic E-state index is 6.07. The van der Waals surface area contributed by atoms with Crippen molar-refractivity contribution < 1.29 is 0 Å². The first-order valence-corrected chi connectivity index (χ1v) is 7.46. The first-order valence-electron chi connectivity index (χ1n) is 6.71. The minimum atomic E-state index is 0.126. The summed E-state index contributed by atoms with van der Waals surface area (Å²) in [5.41, 5.74) is 4.12. The van der Waals surface area contributed by atoms with Crippen LogP contribution < -0.4 is 5.32 Å². The van der Waals surface area contributed by atoms with Crippen molar-refractivity contribution in [2.45, 2.75) is 19.9 Å². The lowest BCUT2D eigenvalue weighted by molar-refractivity contribution is 0.885. The van der Waals surface area contributed by atoms with Crippen molar-refractivity contribution in [2.24, 2.45) is 0 Å². The number of H-pyrrole nitrogens is 1. The normalized spacial score (nSPS) is 12.6. The Labute approximate surface area is 133 Å². The van der Waals surface area contributed by atoms with Crippen LogP contribution in [0.4, 0.5) is 5.69 Å². The van der Waals surface area contributed by atoms with Gasteiger partial charge in [0.05, 0.1) is 21.1 Å². The number of anilines is 1. The lowest BCUT2D eigenvalue weighted by Gasteiger charge is -2.16. The molecule has 1 aromatic heterocycles. The summed E-state index contributed by atoms with van der Waals surface area (Å²) >= 11 is 12.0. The van der Waals surface area contributed by atoms with Gasteiger partial charge in [-0.15, -0.1) is 0 Å². The highest BCUT2D eigenvalue weighted by Crippen LogP contribution is 2.28. The van der Waals surface area contributed by atoms with Gasteiger partial charge in [0.2, 0.25) is 0 Å². The van der Waals surface area contributed by atoms with Gasteiger partial charge >= 0.3 is 0 Å². The smallest absolute Gasteiger partial charge is 0.104 e. The molecular weight excluding hydrogens is 305 g/mol. The van der Waals surface area contributed by atoms with E-state index in [0.717, 1.165) is 28.1 Å². The van der Waals surface area contributed by atoms with Crippen LogP contribution >= 0.6 is 23.2 Å². The Morgan fingerprint density at radius 1 is 1.10 bits per heavy atom. The van der Waals surface area contributed by atoms with Crippen LogP contribution in [0.5, 0.6) is 0 Å². The van der Waals surface area contributed by atoms with Gasteiger partial charge in [0.15, 0.2) is 0 Å². The van der Waals surface area contributed by atoms with E-state index in [1.54, 1.807) is 0 Å². The number of nitrogens with one attached hydrogen (secondary N) is 2. The molecule has 0 aliphatic heterocycles. The average Bonchev–Trinajstić information content (AvgIpc) is 2.81. The molecule has 0 fully saturated rings. The molecule has 0 saturated carbocycles. The largest absolute Gasteiger partial charge is 0.378 e. The quantitative estimate of drug-likeness (QED) is 0.683. The number of benzene rings is 2. The Bertz CT molecular complexity index is 795. The van der Waals surface area contributed by atoms with E-state index in [4.69, 9.17) is 23.2 Å². The Kier molecular flexibility index (Phi) is 3.79. The molecule has 3 aromatic rings. The molecule has 3 rings (SSSR count). The fourth-order valence-corrected chi connectivity index (χ4v) is 2.65. The second-order valence-corrected chi connectivity index (χ2v) is 5.91. The topological polar surface area (TPSA) is 40.7 Å². The summed E-state index contributed by atoms with van der Waals surface area (Å²) < 4.78 is 0. The highest BCUT2D eigenvalue weighted by atomic mass is 35.5. The molecule has 0 aliphatic rings. The molecule has 5 heteroatoms. The van der Waals surface area contributed by atoms with Crippen LogP contribution in [0.25, 0.3) is 11.0 Å². The standard InChI is InChI=1S/C16H15Cl2N3/c1-9(11-3-5-13(17)14(18)7-11)19-12-4-6-15-16(8-12)21-10(2)20-15/h3-9,19H,1-2H3,(H,20,21). The zero-order valence-electron chi connectivity index (χ0n) is 11.7. The zero-order valence-corrected chi connectivity index (χ0v) is 13.3. The first kappa shape index (κ1) is 14.2. The van der Waals surface area contributed by atoms with E-state index < -0.39 is 0 Å². The van der Waals surface area contributed by atoms with Crippen molar-refractivity contribution in [2.75, 3.05) is 5.32 Å². The van der Waals surface area contributed by atoms with Crippen molar-refractivity contribution in [3.8, 4) is 0 Å². The number of nitrogens with zero attached hydrogens (tertiary/aromatic N) is 1. The summed E-state index contributed by atoms with van der Waals surface area (Å²) in [6.45, 7) is 4.04. The van der Waals surface area contributed by atoms with E-state index in [0.29, 0.717) is 10.0 Å². The predicted molar refractivity (Wildman–Crippen MR) is 89.3 cm³/mol. The molecule has 2 aromatic carbocycles. The van der Waals surface area contributed by atoms with Crippen LogP contribution in [0.1, 0.15) is 24.4 Å². The highest BCUT2D eigenvalue weighted by Gasteiger charge is 2.08. The van der Waals surface area contributed by atoms with E-state index in [1.807, 2.05) is 37.3 Å². The number of hydrogen-bond donors (Lipinski definition) is 2. The maximum Gasteiger partial charge on any atom is 0.104 e. The van der Waals surface area contributed by atoms with Gasteiger partial charge in [-0.25, -0.2) is 4.98 Å². The van der Waals surface area contributed by atoms with E-state index in [9.17, 15) is 0 Å². The third kappa shape index (κ3) is 2.99. The van der Waals surface area contributed by atoms with Gasteiger partial charge in [-0.1, -0.05) is 29.3 Å². The van der Waals surface area contributed by atoms with Crippen molar-refractivity contribution in [1.82, 2.24) is 9.97 Å². The van der Waals surface area contributed by atoms with Crippen molar-refractivity contribution >= 4 is 39.9 Å². The van der Waals surface area contributed by atoms with Gasteiger partial charge in [-0.3, -0.25) is 0 Å². The predicted octanol–water partition coefficient (Wildman–Crippen LogP) is 5.35. The number of aryl methyl sites for hydroxylation is 1. The van der Waals surface area contributed by atoms with Gasteiger partial charge in [-0.05, 0) is 49.7 Å². The Balaban J connectivity index is 1.84. The van der Waals surface area contributed by atoms with Gasteiger partial charge in [-0.2, -0.15) is 0 Å². The number of fused-ring (bicyclic) bond motifs is 1. The minimum absolute atomic E-state index is 0.126. The summed E-state index contributed by atoms with van der Waals surface area (Å²) in [5, 5.41) is 4.60. The van der Waals surface area contributed by atoms with Crippen molar-refractivity contribution in [1.29, 1.82) is 0 Å². The zero-order chi connectivity index (χ0) is 15.0. The highest BCUT2D eigenvalue weighted by molar-refractivity contribution is 6.42. The van der Waals surface area contributed by atoms with Gasteiger partial charge in [0, 0.05) is 11.7 Å². The summed E-state index contributed by atoms with van der Waals surface area (Å²) in [4.78, 5) is 7.64. The van der Waals surface area contributed by atoms with Crippen LogP contribution in [0.2, 0.25) is 10.0 Å². The average molecular weight is 320 g/mol. The first-order chi connectivity index (χ1) is 10.0. The Morgan fingerprint density at radius 3 is 2.67 bits per heavy atom. The number of aromatic nitrogens is 2. The SMILES string of the molecule is Cc1nc2ccc(NC(C)c3ccc(Cl)c(Cl)c3)cc2[nH]1. The molecule has 1 atom stereocenters. The number of aromatic amines is 1. The molecule has 2 N–H and O–H groups in total. The van der Waals surface area contributed by atoms with E-state index in [1.165, 1.54) is 0 Å². The summed E-state index contributed by atoms with van der Waals surface area (Å²) in [6, 6.07) is 11.9. The Hall–Kier alpha value is -1.71. The van der Waals surface area contributed by atoms with Crippen LogP contribution in [-0.4, -0.2) is 9.97 Å². The van der Waals surface area contributed by atoms with Gasteiger partial charge in [0.25, 0.3) is 0 Å². The third-order valence-electron chi connectivity index (χ3n) is 3.43. The van der Waals surface area contributed by atoms with Gasteiger partial charge in [0.1, 0.15) is 5.82 Å². The van der Waals surface area contributed by atoms with E-state index >= 15 is 0 Å². The molecule has 1 heterocycles. The fraction of sp³-hybridized carbons (Fsp3) is 0.188.